The third kappa shape index (κ3) is 1.72. The van der Waals surface area contributed by atoms with Gasteiger partial charge in [0, 0.05) is 23.3 Å². The summed E-state index contributed by atoms with van der Waals surface area (Å²) >= 11 is 0. The van der Waals surface area contributed by atoms with E-state index in [2.05, 4.69) is 6.07 Å². The molecule has 0 saturated heterocycles. The number of rotatable bonds is 2. The van der Waals surface area contributed by atoms with Gasteiger partial charge in [-0.25, -0.2) is 4.39 Å². The largest absolute Gasteiger partial charge is 0.456 e. The molecule has 2 nitrogen and oxygen atoms in total. The molecule has 0 aliphatic carbocycles. The molecule has 3 rings (SSSR count). The van der Waals surface area contributed by atoms with Gasteiger partial charge < -0.3 is 4.42 Å². The van der Waals surface area contributed by atoms with Gasteiger partial charge in [-0.05, 0) is 30.2 Å². The second-order valence-corrected chi connectivity index (χ2v) is 4.23. The first-order chi connectivity index (χ1) is 8.78. The van der Waals surface area contributed by atoms with Gasteiger partial charge in [0.25, 0.3) is 0 Å². The molecule has 2 aromatic carbocycles. The summed E-state index contributed by atoms with van der Waals surface area (Å²) in [6.45, 7) is 0. The Morgan fingerprint density at radius 1 is 1.06 bits per heavy atom. The second-order valence-electron chi connectivity index (χ2n) is 4.23. The maximum Gasteiger partial charge on any atom is 0.138 e. The van der Waals surface area contributed by atoms with E-state index in [0.717, 1.165) is 21.9 Å². The van der Waals surface area contributed by atoms with Crippen LogP contribution in [0.2, 0.25) is 0 Å². The van der Waals surface area contributed by atoms with Crippen molar-refractivity contribution >= 4 is 21.9 Å². The third-order valence-corrected chi connectivity index (χ3v) is 3.03. The highest BCUT2D eigenvalue weighted by Crippen LogP contribution is 2.29. The molecule has 0 atom stereocenters. The van der Waals surface area contributed by atoms with Gasteiger partial charge in [-0.2, -0.15) is 5.26 Å². The summed E-state index contributed by atoms with van der Waals surface area (Å²) in [5.74, 6) is -0.300. The number of nitriles is 1. The summed E-state index contributed by atoms with van der Waals surface area (Å²) in [7, 11) is 0. The average Bonchev–Trinajstić information content (AvgIpc) is 2.72. The normalized spacial score (nSPS) is 10.9. The molecule has 0 saturated carbocycles. The van der Waals surface area contributed by atoms with Gasteiger partial charge in [0.2, 0.25) is 0 Å². The van der Waals surface area contributed by atoms with Crippen LogP contribution < -0.4 is 0 Å². The number of nitrogens with zero attached hydrogens (tertiary/aromatic N) is 1. The number of furan rings is 1. The van der Waals surface area contributed by atoms with E-state index in [1.807, 2.05) is 18.2 Å². The molecule has 0 radical (unpaired) electrons. The first-order valence-corrected chi connectivity index (χ1v) is 5.75. The van der Waals surface area contributed by atoms with Crippen LogP contribution in [-0.4, -0.2) is 0 Å². The number of benzene rings is 2. The van der Waals surface area contributed by atoms with Crippen LogP contribution in [0.1, 0.15) is 12.0 Å². The van der Waals surface area contributed by atoms with Crippen molar-refractivity contribution in [2.45, 2.75) is 12.8 Å². The van der Waals surface area contributed by atoms with E-state index in [0.29, 0.717) is 18.4 Å². The van der Waals surface area contributed by atoms with Crippen LogP contribution in [0.25, 0.3) is 21.9 Å². The van der Waals surface area contributed by atoms with Gasteiger partial charge in [-0.15, -0.1) is 0 Å². The second kappa shape index (κ2) is 4.15. The van der Waals surface area contributed by atoms with Crippen molar-refractivity contribution < 1.29 is 8.81 Å². The first-order valence-electron chi connectivity index (χ1n) is 5.75. The van der Waals surface area contributed by atoms with Crippen LogP contribution in [0.15, 0.2) is 40.8 Å². The lowest BCUT2D eigenvalue weighted by Gasteiger charge is -1.96. The van der Waals surface area contributed by atoms with Gasteiger partial charge in [0.05, 0.1) is 6.07 Å². The van der Waals surface area contributed by atoms with Crippen LogP contribution in [0, 0.1) is 17.1 Å². The molecule has 0 bridgehead atoms. The lowest BCUT2D eigenvalue weighted by atomic mass is 10.1. The van der Waals surface area contributed by atoms with E-state index in [1.54, 1.807) is 6.07 Å². The molecule has 0 N–H and O–H groups in total. The lowest BCUT2D eigenvalue weighted by Crippen LogP contribution is -1.82. The minimum absolute atomic E-state index is 0.300. The minimum atomic E-state index is -0.300. The van der Waals surface area contributed by atoms with Crippen molar-refractivity contribution in [1.29, 1.82) is 5.26 Å². The molecule has 1 heterocycles. The Morgan fingerprint density at radius 2 is 1.78 bits per heavy atom. The van der Waals surface area contributed by atoms with Crippen LogP contribution >= 0.6 is 0 Å². The molecule has 0 spiro atoms. The van der Waals surface area contributed by atoms with Crippen molar-refractivity contribution in [3.05, 3.63) is 47.8 Å². The number of hydrogen-bond donors (Lipinski definition) is 0. The fourth-order valence-electron chi connectivity index (χ4n) is 2.15. The fraction of sp³-hybridized carbons (Fsp3) is 0.133. The Kier molecular flexibility index (Phi) is 2.49. The summed E-state index contributed by atoms with van der Waals surface area (Å²) in [6, 6.07) is 12.5. The monoisotopic (exact) mass is 239 g/mol. The van der Waals surface area contributed by atoms with E-state index in [-0.39, 0.29) is 5.82 Å². The van der Waals surface area contributed by atoms with Crippen molar-refractivity contribution in [2.24, 2.45) is 0 Å². The fourth-order valence-corrected chi connectivity index (χ4v) is 2.15. The Balaban J connectivity index is 2.17. The predicted octanol–water partition coefficient (Wildman–Crippen LogP) is 4.18. The SMILES string of the molecule is N#CCCc1ccc2c(c1)oc1cc(F)ccc12. The molecular formula is C15H10FNO. The average molecular weight is 239 g/mol. The number of halogens is 1. The van der Waals surface area contributed by atoms with Gasteiger partial charge in [0.15, 0.2) is 0 Å². The molecule has 0 fully saturated rings. The highest BCUT2D eigenvalue weighted by atomic mass is 19.1. The summed E-state index contributed by atoms with van der Waals surface area (Å²) in [5, 5.41) is 10.5. The van der Waals surface area contributed by atoms with Crippen molar-refractivity contribution in [2.75, 3.05) is 0 Å². The quantitative estimate of drug-likeness (QED) is 0.672. The van der Waals surface area contributed by atoms with Crippen LogP contribution in [0.4, 0.5) is 4.39 Å². The number of aryl methyl sites for hydroxylation is 1. The van der Waals surface area contributed by atoms with Gasteiger partial charge >= 0.3 is 0 Å². The summed E-state index contributed by atoms with van der Waals surface area (Å²) in [5.41, 5.74) is 2.36. The summed E-state index contributed by atoms with van der Waals surface area (Å²) in [6.07, 6.45) is 1.19. The highest BCUT2D eigenvalue weighted by Gasteiger charge is 2.08. The summed E-state index contributed by atoms with van der Waals surface area (Å²) < 4.78 is 18.7. The van der Waals surface area contributed by atoms with Gasteiger partial charge in [-0.3, -0.25) is 0 Å². The molecule has 3 heteroatoms. The summed E-state index contributed by atoms with van der Waals surface area (Å²) in [4.78, 5) is 0. The maximum absolute atomic E-state index is 13.1. The van der Waals surface area contributed by atoms with E-state index >= 15 is 0 Å². The molecule has 3 aromatic rings. The van der Waals surface area contributed by atoms with Gasteiger partial charge in [0.1, 0.15) is 17.0 Å². The molecule has 88 valence electrons. The lowest BCUT2D eigenvalue weighted by molar-refractivity contribution is 0.618. The highest BCUT2D eigenvalue weighted by molar-refractivity contribution is 6.04. The minimum Gasteiger partial charge on any atom is -0.456 e. The van der Waals surface area contributed by atoms with Crippen molar-refractivity contribution in [3.8, 4) is 6.07 Å². The molecule has 18 heavy (non-hydrogen) atoms. The Morgan fingerprint density at radius 3 is 2.56 bits per heavy atom. The molecule has 0 amide bonds. The van der Waals surface area contributed by atoms with E-state index in [4.69, 9.17) is 9.68 Å². The zero-order valence-corrected chi connectivity index (χ0v) is 9.61. The number of hydrogen-bond acceptors (Lipinski definition) is 2. The first kappa shape index (κ1) is 10.8. The topological polar surface area (TPSA) is 36.9 Å². The molecule has 0 aliphatic rings. The standard InChI is InChI=1S/C15H10FNO/c16-11-4-6-13-12-5-3-10(2-1-7-17)8-14(12)18-15(13)9-11/h3-6,8-9H,1-2H2. The van der Waals surface area contributed by atoms with Crippen LogP contribution in [-0.2, 0) is 6.42 Å². The molecular weight excluding hydrogens is 229 g/mol. The van der Waals surface area contributed by atoms with Gasteiger partial charge in [-0.1, -0.05) is 12.1 Å². The number of fused-ring (bicyclic) bond motifs is 3. The van der Waals surface area contributed by atoms with E-state index < -0.39 is 0 Å². The Hall–Kier alpha value is -2.34. The molecule has 0 unspecified atom stereocenters. The maximum atomic E-state index is 13.1. The Labute approximate surface area is 103 Å². The van der Waals surface area contributed by atoms with Crippen LogP contribution in [0.5, 0.6) is 0 Å². The van der Waals surface area contributed by atoms with Crippen molar-refractivity contribution in [1.82, 2.24) is 0 Å². The van der Waals surface area contributed by atoms with Crippen molar-refractivity contribution in [3.63, 3.8) is 0 Å². The smallest absolute Gasteiger partial charge is 0.138 e. The third-order valence-electron chi connectivity index (χ3n) is 3.03. The Bertz CT molecular complexity index is 767. The zero-order valence-electron chi connectivity index (χ0n) is 9.61. The zero-order chi connectivity index (χ0) is 12.5. The van der Waals surface area contributed by atoms with E-state index in [9.17, 15) is 4.39 Å². The predicted molar refractivity (Wildman–Crippen MR) is 67.6 cm³/mol. The molecule has 0 aliphatic heterocycles. The molecule has 1 aromatic heterocycles. The van der Waals surface area contributed by atoms with E-state index in [1.165, 1.54) is 12.1 Å². The van der Waals surface area contributed by atoms with Crippen LogP contribution in [0.3, 0.4) is 0 Å².